The quantitative estimate of drug-likeness (QED) is 0.362. The lowest BCUT2D eigenvalue weighted by atomic mass is 10.2. The number of para-hydroxylation sites is 1. The molecule has 0 aliphatic rings. The van der Waals surface area contributed by atoms with Gasteiger partial charge >= 0.3 is 17.3 Å². The van der Waals surface area contributed by atoms with E-state index < -0.39 is 39.0 Å². The Labute approximate surface area is 100 Å². The molecule has 0 amide bonds. The minimum atomic E-state index is -0.996. The molecule has 2 N–H and O–H groups in total. The van der Waals surface area contributed by atoms with Gasteiger partial charge < -0.3 is 10.5 Å². The number of carbonyl (C=O) groups is 1. The Kier molecular flexibility index (Phi) is 3.89. The summed E-state index contributed by atoms with van der Waals surface area (Å²) in [4.78, 5) is 30.7. The molecule has 1 aromatic carbocycles. The van der Waals surface area contributed by atoms with E-state index in [-0.39, 0.29) is 0 Å². The zero-order chi connectivity index (χ0) is 13.9. The molecule has 1 rings (SSSR count). The Morgan fingerprint density at radius 1 is 1.33 bits per heavy atom. The van der Waals surface area contributed by atoms with Gasteiger partial charge in [-0.05, 0) is 13.0 Å². The Morgan fingerprint density at radius 2 is 1.94 bits per heavy atom. The van der Waals surface area contributed by atoms with E-state index in [1.54, 1.807) is 0 Å². The van der Waals surface area contributed by atoms with Crippen molar-refractivity contribution in [1.82, 2.24) is 0 Å². The first-order valence-corrected chi connectivity index (χ1v) is 4.73. The number of esters is 1. The number of nitrogens with zero attached hydrogens (tertiary/aromatic N) is 2. The molecule has 0 saturated heterocycles. The lowest BCUT2D eigenvalue weighted by Gasteiger charge is -2.06. The second kappa shape index (κ2) is 5.19. The van der Waals surface area contributed by atoms with Crippen LogP contribution in [0.3, 0.4) is 0 Å². The van der Waals surface area contributed by atoms with E-state index in [1.165, 1.54) is 13.0 Å². The van der Waals surface area contributed by atoms with E-state index in [4.69, 9.17) is 5.73 Å². The van der Waals surface area contributed by atoms with Gasteiger partial charge in [-0.2, -0.15) is 0 Å². The van der Waals surface area contributed by atoms with Gasteiger partial charge in [0.25, 0.3) is 0 Å². The summed E-state index contributed by atoms with van der Waals surface area (Å²) in [6, 6.07) is 2.21. The molecule has 1 aromatic rings. The van der Waals surface area contributed by atoms with E-state index in [0.717, 1.165) is 12.1 Å². The highest BCUT2D eigenvalue weighted by molar-refractivity contribution is 5.79. The smallest absolute Gasteiger partial charge is 0.388 e. The predicted octanol–water partition coefficient (Wildman–Crippen LogP) is 0.756. The fraction of sp³-hybridized carbons (Fsp3) is 0.222. The number of hydrogen-bond donors (Lipinski definition) is 1. The normalized spacial score (nSPS) is 11.7. The van der Waals surface area contributed by atoms with Crippen molar-refractivity contribution in [2.45, 2.75) is 13.0 Å². The summed E-state index contributed by atoms with van der Waals surface area (Å²) < 4.78 is 4.65. The number of nitro benzene ring substituents is 2. The minimum absolute atomic E-state index is 0.503. The van der Waals surface area contributed by atoms with Gasteiger partial charge in [0, 0.05) is 6.07 Å². The first-order valence-electron chi connectivity index (χ1n) is 4.73. The van der Waals surface area contributed by atoms with Crippen LogP contribution in [0.1, 0.15) is 6.92 Å². The lowest BCUT2D eigenvalue weighted by molar-refractivity contribution is -0.423. The first kappa shape index (κ1) is 13.5. The molecule has 0 fully saturated rings. The van der Waals surface area contributed by atoms with Gasteiger partial charge in [-0.25, -0.2) is 4.79 Å². The van der Waals surface area contributed by atoms with Crippen LogP contribution in [-0.4, -0.2) is 21.9 Å². The minimum Gasteiger partial charge on any atom is -0.418 e. The standard InChI is InChI=1S/C9H9N3O6/c1-5(10)9(13)18-7-4-2-3-6(11(14)15)8(7)12(16)17/h2-5H,10H2,1H3/t5-/m0/s1. The summed E-state index contributed by atoms with van der Waals surface area (Å²) in [5.74, 6) is -1.42. The summed E-state index contributed by atoms with van der Waals surface area (Å²) in [6.45, 7) is 1.32. The molecule has 0 saturated carbocycles. The van der Waals surface area contributed by atoms with Crippen LogP contribution in [0.15, 0.2) is 18.2 Å². The Bertz CT molecular complexity index is 513. The molecule has 0 bridgehead atoms. The summed E-state index contributed by atoms with van der Waals surface area (Å²) in [5, 5.41) is 21.4. The molecule has 0 aliphatic heterocycles. The van der Waals surface area contributed by atoms with Crippen molar-refractivity contribution in [2.24, 2.45) is 5.73 Å². The molecule has 9 nitrogen and oxygen atoms in total. The summed E-state index contributed by atoms with van der Waals surface area (Å²) >= 11 is 0. The van der Waals surface area contributed by atoms with Crippen molar-refractivity contribution >= 4 is 17.3 Å². The van der Waals surface area contributed by atoms with Crippen LogP contribution in [0.25, 0.3) is 0 Å². The summed E-state index contributed by atoms with van der Waals surface area (Å²) in [7, 11) is 0. The van der Waals surface area contributed by atoms with Crippen molar-refractivity contribution in [3.8, 4) is 5.75 Å². The fourth-order valence-corrected chi connectivity index (χ4v) is 1.13. The molecular weight excluding hydrogens is 246 g/mol. The third kappa shape index (κ3) is 2.77. The average molecular weight is 255 g/mol. The maximum Gasteiger partial charge on any atom is 0.388 e. The molecular formula is C9H9N3O6. The molecule has 0 spiro atoms. The second-order valence-electron chi connectivity index (χ2n) is 3.35. The third-order valence-corrected chi connectivity index (χ3v) is 1.94. The Morgan fingerprint density at radius 3 is 2.39 bits per heavy atom. The average Bonchev–Trinajstić information content (AvgIpc) is 2.27. The van der Waals surface area contributed by atoms with Crippen molar-refractivity contribution in [1.29, 1.82) is 0 Å². The third-order valence-electron chi connectivity index (χ3n) is 1.94. The monoisotopic (exact) mass is 255 g/mol. The lowest BCUT2D eigenvalue weighted by Crippen LogP contribution is -2.31. The summed E-state index contributed by atoms with van der Waals surface area (Å²) in [5.41, 5.74) is 3.60. The van der Waals surface area contributed by atoms with Gasteiger partial charge in [0.15, 0.2) is 0 Å². The van der Waals surface area contributed by atoms with Gasteiger partial charge in [0.1, 0.15) is 6.04 Å². The van der Waals surface area contributed by atoms with Gasteiger partial charge in [0.2, 0.25) is 5.75 Å². The van der Waals surface area contributed by atoms with Gasteiger partial charge in [-0.1, -0.05) is 6.07 Å². The van der Waals surface area contributed by atoms with Gasteiger partial charge in [-0.15, -0.1) is 0 Å². The van der Waals surface area contributed by atoms with Gasteiger partial charge in [-0.3, -0.25) is 20.2 Å². The number of benzene rings is 1. The molecule has 18 heavy (non-hydrogen) atoms. The van der Waals surface area contributed by atoms with Crippen molar-refractivity contribution in [2.75, 3.05) is 0 Å². The predicted molar refractivity (Wildman–Crippen MR) is 59.0 cm³/mol. The molecule has 0 aromatic heterocycles. The highest BCUT2D eigenvalue weighted by Crippen LogP contribution is 2.36. The van der Waals surface area contributed by atoms with Crippen LogP contribution in [0, 0.1) is 20.2 Å². The second-order valence-corrected chi connectivity index (χ2v) is 3.35. The van der Waals surface area contributed by atoms with E-state index in [2.05, 4.69) is 4.74 Å². The molecule has 0 aliphatic carbocycles. The summed E-state index contributed by atoms with van der Waals surface area (Å²) in [6.07, 6.45) is 0. The Hall–Kier alpha value is -2.55. The zero-order valence-electron chi connectivity index (χ0n) is 9.23. The number of rotatable bonds is 4. The number of ether oxygens (including phenoxy) is 1. The van der Waals surface area contributed by atoms with E-state index >= 15 is 0 Å². The fourth-order valence-electron chi connectivity index (χ4n) is 1.13. The van der Waals surface area contributed by atoms with Crippen LogP contribution in [0.5, 0.6) is 5.75 Å². The van der Waals surface area contributed by atoms with E-state index in [0.29, 0.717) is 0 Å². The van der Waals surface area contributed by atoms with Gasteiger partial charge in [0.05, 0.1) is 9.85 Å². The molecule has 96 valence electrons. The van der Waals surface area contributed by atoms with Crippen LogP contribution in [-0.2, 0) is 4.79 Å². The van der Waals surface area contributed by atoms with E-state index in [1.807, 2.05) is 0 Å². The topological polar surface area (TPSA) is 139 Å². The molecule has 9 heteroatoms. The number of nitro groups is 2. The highest BCUT2D eigenvalue weighted by atomic mass is 16.6. The number of nitrogens with two attached hydrogens (primary N) is 1. The number of hydrogen-bond acceptors (Lipinski definition) is 7. The maximum atomic E-state index is 11.2. The largest absolute Gasteiger partial charge is 0.418 e. The Balaban J connectivity index is 3.27. The molecule has 0 radical (unpaired) electrons. The molecule has 0 unspecified atom stereocenters. The maximum absolute atomic E-state index is 11.2. The molecule has 0 heterocycles. The van der Waals surface area contributed by atoms with Crippen LogP contribution < -0.4 is 10.5 Å². The van der Waals surface area contributed by atoms with Crippen LogP contribution in [0.2, 0.25) is 0 Å². The van der Waals surface area contributed by atoms with Crippen molar-refractivity contribution < 1.29 is 19.4 Å². The van der Waals surface area contributed by atoms with E-state index in [9.17, 15) is 25.0 Å². The zero-order valence-corrected chi connectivity index (χ0v) is 9.23. The van der Waals surface area contributed by atoms with Crippen molar-refractivity contribution in [3.05, 3.63) is 38.4 Å². The molecule has 1 atom stereocenters. The van der Waals surface area contributed by atoms with Crippen LogP contribution in [0.4, 0.5) is 11.4 Å². The number of carbonyl (C=O) groups excluding carboxylic acids is 1. The van der Waals surface area contributed by atoms with Crippen molar-refractivity contribution in [3.63, 3.8) is 0 Å². The first-order chi connectivity index (χ1) is 8.34. The van der Waals surface area contributed by atoms with Crippen LogP contribution >= 0.6 is 0 Å². The SMILES string of the molecule is C[C@H](N)C(=O)Oc1cccc([N+](=O)[O-])c1[N+](=O)[O-]. The highest BCUT2D eigenvalue weighted by Gasteiger charge is 2.30.